The molecule has 0 aliphatic carbocycles. The standard InChI is InChI=1S/C9H10F2O/c1-6-2-3-7(8(11)4-6)9(12)5-10/h2-4,9,12H,5H2,1H3. The van der Waals surface area contributed by atoms with E-state index in [4.69, 9.17) is 5.11 Å². The first-order valence-electron chi connectivity index (χ1n) is 3.65. The summed E-state index contributed by atoms with van der Waals surface area (Å²) in [6.45, 7) is 0.772. The van der Waals surface area contributed by atoms with E-state index >= 15 is 0 Å². The first-order valence-corrected chi connectivity index (χ1v) is 3.65. The molecule has 1 nitrogen and oxygen atoms in total. The summed E-state index contributed by atoms with van der Waals surface area (Å²) in [4.78, 5) is 0. The molecule has 1 aromatic carbocycles. The van der Waals surface area contributed by atoms with Crippen molar-refractivity contribution in [3.8, 4) is 0 Å². The summed E-state index contributed by atoms with van der Waals surface area (Å²) in [6.07, 6.45) is -1.34. The zero-order valence-electron chi connectivity index (χ0n) is 6.72. The quantitative estimate of drug-likeness (QED) is 0.724. The fourth-order valence-corrected chi connectivity index (χ4v) is 0.986. The number of hydrogen-bond donors (Lipinski definition) is 1. The highest BCUT2D eigenvalue weighted by Gasteiger charge is 2.11. The Morgan fingerprint density at radius 1 is 1.50 bits per heavy atom. The molecule has 1 atom stereocenters. The highest BCUT2D eigenvalue weighted by atomic mass is 19.1. The van der Waals surface area contributed by atoms with Crippen LogP contribution in [0.25, 0.3) is 0 Å². The number of aryl methyl sites for hydroxylation is 1. The van der Waals surface area contributed by atoms with E-state index < -0.39 is 18.6 Å². The van der Waals surface area contributed by atoms with Crippen molar-refractivity contribution >= 4 is 0 Å². The second-order valence-electron chi connectivity index (χ2n) is 2.70. The lowest BCUT2D eigenvalue weighted by atomic mass is 10.1. The molecule has 0 radical (unpaired) electrons. The average molecular weight is 172 g/mol. The zero-order chi connectivity index (χ0) is 9.14. The minimum Gasteiger partial charge on any atom is -0.386 e. The van der Waals surface area contributed by atoms with Gasteiger partial charge in [-0.3, -0.25) is 0 Å². The number of alkyl halides is 1. The van der Waals surface area contributed by atoms with Crippen LogP contribution in [0.2, 0.25) is 0 Å². The van der Waals surface area contributed by atoms with E-state index in [2.05, 4.69) is 0 Å². The van der Waals surface area contributed by atoms with E-state index in [-0.39, 0.29) is 5.56 Å². The smallest absolute Gasteiger partial charge is 0.129 e. The molecule has 0 heterocycles. The van der Waals surface area contributed by atoms with E-state index in [0.717, 1.165) is 5.56 Å². The van der Waals surface area contributed by atoms with Crippen LogP contribution in [-0.2, 0) is 0 Å². The maximum Gasteiger partial charge on any atom is 0.129 e. The van der Waals surface area contributed by atoms with Gasteiger partial charge in [0.05, 0.1) is 0 Å². The van der Waals surface area contributed by atoms with Crippen LogP contribution in [0, 0.1) is 12.7 Å². The van der Waals surface area contributed by atoms with E-state index in [9.17, 15) is 8.78 Å². The minimum atomic E-state index is -1.34. The first kappa shape index (κ1) is 9.13. The van der Waals surface area contributed by atoms with Crippen LogP contribution in [0.5, 0.6) is 0 Å². The Morgan fingerprint density at radius 3 is 2.67 bits per heavy atom. The molecule has 0 amide bonds. The molecule has 1 aromatic rings. The summed E-state index contributed by atoms with van der Waals surface area (Å²) in [5, 5.41) is 8.99. The maximum atomic E-state index is 13.0. The van der Waals surface area contributed by atoms with Gasteiger partial charge >= 0.3 is 0 Å². The van der Waals surface area contributed by atoms with Crippen LogP contribution < -0.4 is 0 Å². The van der Waals surface area contributed by atoms with E-state index in [1.807, 2.05) is 0 Å². The number of aliphatic hydroxyl groups excluding tert-OH is 1. The highest BCUT2D eigenvalue weighted by molar-refractivity contribution is 5.25. The maximum absolute atomic E-state index is 13.0. The second kappa shape index (κ2) is 3.63. The molecule has 0 saturated carbocycles. The zero-order valence-corrected chi connectivity index (χ0v) is 6.72. The Hall–Kier alpha value is -0.960. The van der Waals surface area contributed by atoms with Crippen molar-refractivity contribution in [3.05, 3.63) is 35.1 Å². The molecular formula is C9H10F2O. The van der Waals surface area contributed by atoms with Crippen molar-refractivity contribution < 1.29 is 13.9 Å². The lowest BCUT2D eigenvalue weighted by Gasteiger charge is -2.07. The van der Waals surface area contributed by atoms with Crippen molar-refractivity contribution in [2.24, 2.45) is 0 Å². The minimum absolute atomic E-state index is 0.0168. The SMILES string of the molecule is Cc1ccc(C(O)CF)c(F)c1. The third kappa shape index (κ3) is 1.80. The van der Waals surface area contributed by atoms with Crippen LogP contribution in [0.1, 0.15) is 17.2 Å². The highest BCUT2D eigenvalue weighted by Crippen LogP contribution is 2.18. The summed E-state index contributed by atoms with van der Waals surface area (Å²) < 4.78 is 24.9. The molecule has 0 aromatic heterocycles. The molecule has 3 heteroatoms. The van der Waals surface area contributed by atoms with Gasteiger partial charge in [0, 0.05) is 5.56 Å². The molecule has 0 fully saturated rings. The van der Waals surface area contributed by atoms with Crippen molar-refractivity contribution in [1.82, 2.24) is 0 Å². The van der Waals surface area contributed by atoms with Crippen molar-refractivity contribution in [1.29, 1.82) is 0 Å². The second-order valence-corrected chi connectivity index (χ2v) is 2.70. The largest absolute Gasteiger partial charge is 0.386 e. The Kier molecular flexibility index (Phi) is 2.76. The summed E-state index contributed by atoms with van der Waals surface area (Å²) in [5.74, 6) is -0.555. The van der Waals surface area contributed by atoms with Crippen LogP contribution in [0.15, 0.2) is 18.2 Å². The molecule has 0 bridgehead atoms. The Morgan fingerprint density at radius 2 is 2.17 bits per heavy atom. The van der Waals surface area contributed by atoms with Gasteiger partial charge in [-0.15, -0.1) is 0 Å². The van der Waals surface area contributed by atoms with Crippen molar-refractivity contribution in [3.63, 3.8) is 0 Å². The van der Waals surface area contributed by atoms with E-state index in [1.54, 1.807) is 13.0 Å². The van der Waals surface area contributed by atoms with Crippen LogP contribution >= 0.6 is 0 Å². The Balaban J connectivity index is 3.01. The average Bonchev–Trinajstić information content (AvgIpc) is 2.03. The molecule has 1 N–H and O–H groups in total. The van der Waals surface area contributed by atoms with E-state index in [1.165, 1.54) is 12.1 Å². The third-order valence-electron chi connectivity index (χ3n) is 1.66. The molecule has 0 saturated heterocycles. The van der Waals surface area contributed by atoms with Crippen LogP contribution in [0.4, 0.5) is 8.78 Å². The topological polar surface area (TPSA) is 20.2 Å². The van der Waals surface area contributed by atoms with Gasteiger partial charge in [-0.2, -0.15) is 0 Å². The fraction of sp³-hybridized carbons (Fsp3) is 0.333. The molecule has 12 heavy (non-hydrogen) atoms. The summed E-state index contributed by atoms with van der Waals surface area (Å²) >= 11 is 0. The molecule has 66 valence electrons. The molecule has 0 spiro atoms. The van der Waals surface area contributed by atoms with Gasteiger partial charge in [-0.25, -0.2) is 8.78 Å². The van der Waals surface area contributed by atoms with Gasteiger partial charge < -0.3 is 5.11 Å². The summed E-state index contributed by atoms with van der Waals surface area (Å²) in [7, 11) is 0. The number of benzene rings is 1. The molecule has 1 unspecified atom stereocenters. The number of aliphatic hydroxyl groups is 1. The Labute approximate surface area is 69.7 Å². The normalized spacial score (nSPS) is 13.0. The third-order valence-corrected chi connectivity index (χ3v) is 1.66. The van der Waals surface area contributed by atoms with Gasteiger partial charge in [0.1, 0.15) is 18.6 Å². The molecule has 0 aliphatic heterocycles. The number of halogens is 2. The van der Waals surface area contributed by atoms with Gasteiger partial charge in [-0.1, -0.05) is 12.1 Å². The van der Waals surface area contributed by atoms with Crippen LogP contribution in [0.3, 0.4) is 0 Å². The lowest BCUT2D eigenvalue weighted by Crippen LogP contribution is -2.02. The van der Waals surface area contributed by atoms with Crippen molar-refractivity contribution in [2.75, 3.05) is 6.67 Å². The van der Waals surface area contributed by atoms with Gasteiger partial charge in [-0.05, 0) is 18.6 Å². The monoisotopic (exact) mass is 172 g/mol. The number of hydrogen-bond acceptors (Lipinski definition) is 1. The van der Waals surface area contributed by atoms with Gasteiger partial charge in [0.25, 0.3) is 0 Å². The fourth-order valence-electron chi connectivity index (χ4n) is 0.986. The summed E-state index contributed by atoms with van der Waals surface area (Å²) in [6, 6.07) is 4.31. The summed E-state index contributed by atoms with van der Waals surface area (Å²) in [5.41, 5.74) is 0.769. The number of rotatable bonds is 2. The van der Waals surface area contributed by atoms with E-state index in [0.29, 0.717) is 0 Å². The predicted octanol–water partition coefficient (Wildman–Crippen LogP) is 2.14. The van der Waals surface area contributed by atoms with Crippen molar-refractivity contribution in [2.45, 2.75) is 13.0 Å². The molecule has 1 rings (SSSR count). The lowest BCUT2D eigenvalue weighted by molar-refractivity contribution is 0.138. The molecular weight excluding hydrogens is 162 g/mol. The van der Waals surface area contributed by atoms with Crippen LogP contribution in [-0.4, -0.2) is 11.8 Å². The van der Waals surface area contributed by atoms with Gasteiger partial charge in [0.2, 0.25) is 0 Å². The predicted molar refractivity (Wildman–Crippen MR) is 42.1 cm³/mol. The first-order chi connectivity index (χ1) is 5.65. The van der Waals surface area contributed by atoms with Gasteiger partial charge in [0.15, 0.2) is 0 Å². The molecule has 0 aliphatic rings. The Bertz CT molecular complexity index is 273.